The molecule has 0 radical (unpaired) electrons. The molecule has 8 nitrogen and oxygen atoms in total. The minimum absolute atomic E-state index is 0. The Bertz CT molecular complexity index is 2430. The van der Waals surface area contributed by atoms with Crippen molar-refractivity contribution in [3.63, 3.8) is 0 Å². The smallest absolute Gasteiger partial charge is 0.357 e. The molecular weight excluding hydrogens is 836 g/mol. The Labute approximate surface area is 325 Å². The second-order valence-corrected chi connectivity index (χ2v) is 14.0. The summed E-state index contributed by atoms with van der Waals surface area (Å²) in [5.41, 5.74) is 3.38. The average molecular weight is 844 g/mol. The van der Waals surface area contributed by atoms with Gasteiger partial charge in [0, 0.05) is 44.8 Å². The van der Waals surface area contributed by atoms with Crippen molar-refractivity contribution < 1.29 is 17.1 Å². The normalized spacial score (nSPS) is 11.9. The van der Waals surface area contributed by atoms with E-state index in [-0.39, 0.29) is 63.0 Å². The topological polar surface area (TPSA) is 106 Å². The third kappa shape index (κ3) is 5.35. The molecule has 0 amide bonds. The molecular formula is C32H8Cl8FeN8. The first kappa shape index (κ1) is 33.2. The van der Waals surface area contributed by atoms with Crippen molar-refractivity contribution in [2.24, 2.45) is 0 Å². The Hall–Kier alpha value is -2.92. The molecule has 8 bridgehead atoms. The molecule has 3 aromatic heterocycles. The maximum Gasteiger partial charge on any atom is 2.00 e. The van der Waals surface area contributed by atoms with Gasteiger partial charge in [-0.1, -0.05) is 92.8 Å². The molecule has 2 aliphatic rings. The zero-order chi connectivity index (χ0) is 33.2. The predicted molar refractivity (Wildman–Crippen MR) is 194 cm³/mol. The molecule has 5 heterocycles. The fourth-order valence-electron chi connectivity index (χ4n) is 5.63. The molecule has 2 aliphatic heterocycles. The Kier molecular flexibility index (Phi) is 8.21. The van der Waals surface area contributed by atoms with Crippen molar-refractivity contribution in [1.82, 2.24) is 39.9 Å². The second-order valence-electron chi connectivity index (χ2n) is 10.7. The molecule has 0 saturated carbocycles. The number of hydrogen-bond donors (Lipinski definition) is 0. The molecule has 0 atom stereocenters. The fourth-order valence-corrected chi connectivity index (χ4v) is 6.94. The summed E-state index contributed by atoms with van der Waals surface area (Å²) in [7, 11) is 0. The standard InChI is InChI=1S/C32H8Cl8N8.Fe/c33-17-1-9-10(2-18(17)34)26-41-25(9)45-27-11-3-19(35)20(36)4-12(11)29(42-27)47-31-15-7-23(39)24(40)8-16(15)32(44-31)48-30-14-6-22(38)21(37)5-13(14)28(43-30)46-26;/h1-8H;/q-2;+2. The van der Waals surface area contributed by atoms with Crippen LogP contribution in [0, 0.1) is 0 Å². The van der Waals surface area contributed by atoms with Crippen LogP contribution in [-0.4, -0.2) is 29.9 Å². The third-order valence-corrected chi connectivity index (χ3v) is 10.8. The number of nitrogens with zero attached hydrogens (tertiary/aromatic N) is 8. The van der Waals surface area contributed by atoms with Gasteiger partial charge < -0.3 is 29.9 Å². The summed E-state index contributed by atoms with van der Waals surface area (Å²) in [5.74, 6) is 1.09. The van der Waals surface area contributed by atoms with Gasteiger partial charge in [-0.15, -0.1) is 0 Å². The van der Waals surface area contributed by atoms with E-state index in [1.165, 1.54) is 0 Å². The number of hydrogen-bond acceptors (Lipinski definition) is 6. The molecule has 0 saturated heterocycles. The minimum Gasteiger partial charge on any atom is -0.357 e. The van der Waals surface area contributed by atoms with Gasteiger partial charge in [0.15, 0.2) is 0 Å². The van der Waals surface area contributed by atoms with Crippen molar-refractivity contribution in [2.75, 3.05) is 0 Å². The van der Waals surface area contributed by atoms with Crippen LogP contribution in [0.25, 0.3) is 89.7 Å². The van der Waals surface area contributed by atoms with E-state index < -0.39 is 0 Å². The van der Waals surface area contributed by atoms with E-state index in [9.17, 15) is 0 Å². The summed E-state index contributed by atoms with van der Waals surface area (Å²) in [6, 6.07) is 13.4. The molecule has 17 heteroatoms. The van der Waals surface area contributed by atoms with Crippen molar-refractivity contribution in [2.45, 2.75) is 0 Å². The van der Waals surface area contributed by atoms with Crippen LogP contribution >= 0.6 is 92.8 Å². The fraction of sp³-hybridized carbons (Fsp3) is 0. The van der Waals surface area contributed by atoms with Crippen LogP contribution < -0.4 is 9.97 Å². The zero-order valence-electron chi connectivity index (χ0n) is 23.6. The van der Waals surface area contributed by atoms with Gasteiger partial charge in [-0.25, -0.2) is 9.97 Å². The van der Waals surface area contributed by atoms with Gasteiger partial charge in [0.2, 0.25) is 0 Å². The van der Waals surface area contributed by atoms with E-state index in [4.69, 9.17) is 133 Å². The van der Waals surface area contributed by atoms with Gasteiger partial charge >= 0.3 is 17.1 Å². The van der Waals surface area contributed by atoms with E-state index in [1.807, 2.05) is 0 Å². The largest absolute Gasteiger partial charge is 2.00 e. The summed E-state index contributed by atoms with van der Waals surface area (Å²) in [6.07, 6.45) is 0. The molecule has 49 heavy (non-hydrogen) atoms. The summed E-state index contributed by atoms with van der Waals surface area (Å²) >= 11 is 51.7. The SMILES string of the molecule is Clc1cc2c(cc1Cl)-c1nc-2nc2[n-]c(nc3nc(nc4[n-]c(n1)c1cc(Cl)c(Cl)cc41)-c1cc(Cl)c(Cl)cc1-3)c1cc(Cl)c(Cl)cc21.[Fe+2]. The van der Waals surface area contributed by atoms with E-state index in [1.54, 1.807) is 48.5 Å². The van der Waals surface area contributed by atoms with Gasteiger partial charge in [-0.2, -0.15) is 0 Å². The monoisotopic (exact) mass is 840 g/mol. The molecule has 0 aliphatic carbocycles. The van der Waals surface area contributed by atoms with Gasteiger partial charge in [0.1, 0.15) is 0 Å². The average Bonchev–Trinajstić information content (AvgIpc) is 3.74. The Balaban J connectivity index is 0.00000348. The van der Waals surface area contributed by atoms with Crippen molar-refractivity contribution >= 4 is 137 Å². The van der Waals surface area contributed by atoms with Crippen LogP contribution in [0.5, 0.6) is 0 Å². The number of aromatic nitrogens is 8. The molecule has 240 valence electrons. The van der Waals surface area contributed by atoms with Gasteiger partial charge in [-0.3, -0.25) is 0 Å². The van der Waals surface area contributed by atoms with Gasteiger partial charge in [0.05, 0.1) is 63.5 Å². The molecule has 0 fully saturated rings. The summed E-state index contributed by atoms with van der Waals surface area (Å²) in [5, 5.41) is 4.73. The first-order valence-electron chi connectivity index (χ1n) is 13.7. The number of fused-ring (bicyclic) bond motifs is 20. The summed E-state index contributed by atoms with van der Waals surface area (Å²) < 4.78 is 0. The first-order valence-corrected chi connectivity index (χ1v) is 16.7. The van der Waals surface area contributed by atoms with Crippen molar-refractivity contribution in [1.29, 1.82) is 0 Å². The Morgan fingerprint density at radius 3 is 0.735 bits per heavy atom. The maximum absolute atomic E-state index is 6.47. The summed E-state index contributed by atoms with van der Waals surface area (Å²) in [6.45, 7) is 0. The Morgan fingerprint density at radius 2 is 0.510 bits per heavy atom. The molecule has 0 unspecified atom stereocenters. The van der Waals surface area contributed by atoms with E-state index in [0.717, 1.165) is 0 Å². The van der Waals surface area contributed by atoms with Crippen LogP contribution in [0.15, 0.2) is 48.5 Å². The third-order valence-electron chi connectivity index (χ3n) is 7.86. The number of halogens is 8. The molecule has 0 N–H and O–H groups in total. The van der Waals surface area contributed by atoms with Crippen molar-refractivity contribution in [3.8, 4) is 45.6 Å². The summed E-state index contributed by atoms with van der Waals surface area (Å²) in [4.78, 5) is 38.6. The van der Waals surface area contributed by atoms with Crippen LogP contribution in [0.2, 0.25) is 40.2 Å². The van der Waals surface area contributed by atoms with Crippen LogP contribution in [0.4, 0.5) is 0 Å². The quantitative estimate of drug-likeness (QED) is 0.139. The van der Waals surface area contributed by atoms with E-state index >= 15 is 0 Å². The van der Waals surface area contributed by atoms with E-state index in [2.05, 4.69) is 0 Å². The molecule has 7 aromatic rings. The molecule has 9 rings (SSSR count). The molecule has 0 spiro atoms. The number of benzene rings is 4. The predicted octanol–water partition coefficient (Wildman–Crippen LogP) is 11.4. The van der Waals surface area contributed by atoms with Gasteiger partial charge in [0.25, 0.3) is 0 Å². The van der Waals surface area contributed by atoms with Crippen LogP contribution in [-0.2, 0) is 17.1 Å². The van der Waals surface area contributed by atoms with Gasteiger partial charge in [-0.05, 0) is 70.1 Å². The minimum atomic E-state index is 0. The van der Waals surface area contributed by atoms with E-state index in [0.29, 0.717) is 84.0 Å². The first-order chi connectivity index (χ1) is 23.0. The van der Waals surface area contributed by atoms with Crippen LogP contribution in [0.1, 0.15) is 0 Å². The zero-order valence-corrected chi connectivity index (χ0v) is 30.7. The number of rotatable bonds is 0. The van der Waals surface area contributed by atoms with Crippen molar-refractivity contribution in [3.05, 3.63) is 88.7 Å². The second kappa shape index (κ2) is 12.1. The maximum atomic E-state index is 6.47. The van der Waals surface area contributed by atoms with Crippen LogP contribution in [0.3, 0.4) is 0 Å². The molecule has 4 aromatic carbocycles. The Morgan fingerprint density at radius 1 is 0.306 bits per heavy atom.